The van der Waals surface area contributed by atoms with Gasteiger partial charge in [0.25, 0.3) is 0 Å². The van der Waals surface area contributed by atoms with Crippen LogP contribution in [0, 0.1) is 11.8 Å². The highest BCUT2D eigenvalue weighted by Crippen LogP contribution is 2.27. The van der Waals surface area contributed by atoms with Crippen LogP contribution in [0.1, 0.15) is 52.4 Å². The molecule has 1 saturated carbocycles. The summed E-state index contributed by atoms with van der Waals surface area (Å²) in [5.41, 5.74) is 0. The van der Waals surface area contributed by atoms with E-state index in [9.17, 15) is 9.59 Å². The molecule has 0 aromatic heterocycles. The van der Waals surface area contributed by atoms with Gasteiger partial charge in [-0.25, -0.2) is 4.79 Å². The number of ketones is 1. The molecule has 1 aliphatic carbocycles. The Morgan fingerprint density at radius 1 is 1.22 bits per heavy atom. The van der Waals surface area contributed by atoms with Crippen molar-refractivity contribution in [2.24, 2.45) is 11.8 Å². The van der Waals surface area contributed by atoms with Gasteiger partial charge in [0, 0.05) is 6.42 Å². The SMILES string of the molecule is COC(=O)N[C@H](C(=O)CC(C)C)C1CCCCC1. The van der Waals surface area contributed by atoms with Crippen LogP contribution in [0.4, 0.5) is 4.79 Å². The number of nitrogens with one attached hydrogen (secondary N) is 1. The highest BCUT2D eigenvalue weighted by molar-refractivity contribution is 5.87. The zero-order valence-electron chi connectivity index (χ0n) is 11.7. The maximum absolute atomic E-state index is 12.2. The van der Waals surface area contributed by atoms with Gasteiger partial charge >= 0.3 is 6.09 Å². The van der Waals surface area contributed by atoms with Gasteiger partial charge < -0.3 is 10.1 Å². The Labute approximate surface area is 109 Å². The van der Waals surface area contributed by atoms with E-state index in [2.05, 4.69) is 10.1 Å². The standard InChI is InChI=1S/C14H25NO3/c1-10(2)9-12(16)13(15-14(17)18-3)11-7-5-4-6-8-11/h10-11,13H,4-9H2,1-3H3,(H,15,17)/t13-/m0/s1. The summed E-state index contributed by atoms with van der Waals surface area (Å²) in [7, 11) is 1.33. The molecule has 1 amide bonds. The van der Waals surface area contributed by atoms with Gasteiger partial charge in [-0.2, -0.15) is 0 Å². The van der Waals surface area contributed by atoms with Gasteiger partial charge in [-0.05, 0) is 24.7 Å². The van der Waals surface area contributed by atoms with Crippen LogP contribution >= 0.6 is 0 Å². The van der Waals surface area contributed by atoms with E-state index >= 15 is 0 Å². The molecule has 0 unspecified atom stereocenters. The summed E-state index contributed by atoms with van der Waals surface area (Å²) < 4.78 is 4.62. The fraction of sp³-hybridized carbons (Fsp3) is 0.857. The van der Waals surface area contributed by atoms with E-state index in [1.807, 2.05) is 13.8 Å². The summed E-state index contributed by atoms with van der Waals surface area (Å²) in [5.74, 6) is 0.745. The van der Waals surface area contributed by atoms with Crippen molar-refractivity contribution in [3.8, 4) is 0 Å². The summed E-state index contributed by atoms with van der Waals surface area (Å²) >= 11 is 0. The van der Waals surface area contributed by atoms with E-state index in [4.69, 9.17) is 0 Å². The molecule has 4 nitrogen and oxygen atoms in total. The van der Waals surface area contributed by atoms with E-state index in [0.717, 1.165) is 25.7 Å². The molecular formula is C14H25NO3. The molecule has 0 heterocycles. The second-order valence-corrected chi connectivity index (χ2v) is 5.58. The fourth-order valence-corrected chi connectivity index (χ4v) is 2.64. The number of carbonyl (C=O) groups is 2. The summed E-state index contributed by atoms with van der Waals surface area (Å²) in [6, 6.07) is -0.361. The molecule has 0 aromatic rings. The molecule has 0 radical (unpaired) electrons. The molecule has 4 heteroatoms. The Balaban J connectivity index is 2.66. The number of carbonyl (C=O) groups excluding carboxylic acids is 2. The number of methoxy groups -OCH3 is 1. The number of Topliss-reactive ketones (excluding diaryl/α,β-unsaturated/α-hetero) is 1. The largest absolute Gasteiger partial charge is 0.453 e. The molecular weight excluding hydrogens is 230 g/mol. The molecule has 1 atom stereocenters. The van der Waals surface area contributed by atoms with Crippen molar-refractivity contribution in [3.05, 3.63) is 0 Å². The maximum Gasteiger partial charge on any atom is 0.407 e. The van der Waals surface area contributed by atoms with Crippen molar-refractivity contribution < 1.29 is 14.3 Å². The lowest BCUT2D eigenvalue weighted by atomic mass is 9.81. The zero-order valence-corrected chi connectivity index (χ0v) is 11.7. The Kier molecular flexibility index (Phi) is 6.16. The van der Waals surface area contributed by atoms with Gasteiger partial charge in [-0.1, -0.05) is 33.1 Å². The number of hydrogen-bond donors (Lipinski definition) is 1. The summed E-state index contributed by atoms with van der Waals surface area (Å²) in [4.78, 5) is 23.6. The van der Waals surface area contributed by atoms with Gasteiger partial charge in [0.15, 0.2) is 5.78 Å². The van der Waals surface area contributed by atoms with Gasteiger partial charge in [0.1, 0.15) is 0 Å². The van der Waals surface area contributed by atoms with Crippen LogP contribution in [0.5, 0.6) is 0 Å². The number of rotatable bonds is 5. The molecule has 0 bridgehead atoms. The Morgan fingerprint density at radius 3 is 2.33 bits per heavy atom. The van der Waals surface area contributed by atoms with Crippen molar-refractivity contribution in [2.45, 2.75) is 58.4 Å². The summed E-state index contributed by atoms with van der Waals surface area (Å²) in [6.07, 6.45) is 5.61. The van der Waals surface area contributed by atoms with Gasteiger partial charge in [0.05, 0.1) is 13.2 Å². The number of amides is 1. The van der Waals surface area contributed by atoms with E-state index in [1.54, 1.807) is 0 Å². The molecule has 0 spiro atoms. The van der Waals surface area contributed by atoms with E-state index in [0.29, 0.717) is 12.3 Å². The molecule has 0 aromatic carbocycles. The van der Waals surface area contributed by atoms with Crippen molar-refractivity contribution in [2.75, 3.05) is 7.11 Å². The first-order valence-electron chi connectivity index (χ1n) is 6.91. The third kappa shape index (κ3) is 4.67. The zero-order chi connectivity index (χ0) is 13.5. The van der Waals surface area contributed by atoms with Crippen LogP contribution in [-0.2, 0) is 9.53 Å². The molecule has 18 heavy (non-hydrogen) atoms. The van der Waals surface area contributed by atoms with Crippen LogP contribution in [0.3, 0.4) is 0 Å². The maximum atomic E-state index is 12.2. The van der Waals surface area contributed by atoms with Gasteiger partial charge in [-0.15, -0.1) is 0 Å². The minimum atomic E-state index is -0.498. The summed E-state index contributed by atoms with van der Waals surface area (Å²) in [6.45, 7) is 4.04. The molecule has 1 fully saturated rings. The monoisotopic (exact) mass is 255 g/mol. The van der Waals surface area contributed by atoms with Crippen LogP contribution in [0.2, 0.25) is 0 Å². The third-order valence-corrected chi connectivity index (χ3v) is 3.54. The average molecular weight is 255 g/mol. The lowest BCUT2D eigenvalue weighted by molar-refractivity contribution is -0.123. The predicted octanol–water partition coefficient (Wildman–Crippen LogP) is 2.91. The van der Waals surface area contributed by atoms with Crippen molar-refractivity contribution in [1.82, 2.24) is 5.32 Å². The quantitative estimate of drug-likeness (QED) is 0.821. The van der Waals surface area contributed by atoms with E-state index in [-0.39, 0.29) is 17.7 Å². The first-order valence-corrected chi connectivity index (χ1v) is 6.91. The van der Waals surface area contributed by atoms with E-state index in [1.165, 1.54) is 13.5 Å². The first-order chi connectivity index (χ1) is 8.54. The summed E-state index contributed by atoms with van der Waals surface area (Å²) in [5, 5.41) is 2.73. The average Bonchev–Trinajstić information content (AvgIpc) is 2.35. The van der Waals surface area contributed by atoms with E-state index < -0.39 is 6.09 Å². The highest BCUT2D eigenvalue weighted by Gasteiger charge is 2.31. The van der Waals surface area contributed by atoms with Crippen LogP contribution in [-0.4, -0.2) is 25.0 Å². The van der Waals surface area contributed by atoms with Crippen LogP contribution < -0.4 is 5.32 Å². The Bertz CT molecular complexity index is 283. The Morgan fingerprint density at radius 2 is 1.83 bits per heavy atom. The molecule has 0 saturated heterocycles. The smallest absolute Gasteiger partial charge is 0.407 e. The van der Waals surface area contributed by atoms with Crippen LogP contribution in [0.15, 0.2) is 0 Å². The molecule has 0 aliphatic heterocycles. The lowest BCUT2D eigenvalue weighted by Gasteiger charge is -2.30. The molecule has 1 aliphatic rings. The minimum Gasteiger partial charge on any atom is -0.453 e. The predicted molar refractivity (Wildman–Crippen MR) is 70.4 cm³/mol. The fourth-order valence-electron chi connectivity index (χ4n) is 2.64. The van der Waals surface area contributed by atoms with Crippen molar-refractivity contribution >= 4 is 11.9 Å². The van der Waals surface area contributed by atoms with Crippen molar-refractivity contribution in [1.29, 1.82) is 0 Å². The van der Waals surface area contributed by atoms with Gasteiger partial charge in [0.2, 0.25) is 0 Å². The highest BCUT2D eigenvalue weighted by atomic mass is 16.5. The first kappa shape index (κ1) is 15.0. The van der Waals surface area contributed by atoms with Crippen LogP contribution in [0.25, 0.3) is 0 Å². The van der Waals surface area contributed by atoms with Crippen molar-refractivity contribution in [3.63, 3.8) is 0 Å². The number of hydrogen-bond acceptors (Lipinski definition) is 3. The molecule has 104 valence electrons. The minimum absolute atomic E-state index is 0.141. The third-order valence-electron chi connectivity index (χ3n) is 3.54. The molecule has 1 rings (SSSR count). The topological polar surface area (TPSA) is 55.4 Å². The molecule has 1 N–H and O–H groups in total. The second kappa shape index (κ2) is 7.39. The number of ether oxygens (including phenoxy) is 1. The number of alkyl carbamates (subject to hydrolysis) is 1. The Hall–Kier alpha value is -1.06. The normalized spacial score (nSPS) is 18.4. The second-order valence-electron chi connectivity index (χ2n) is 5.58. The van der Waals surface area contributed by atoms with Gasteiger partial charge in [-0.3, -0.25) is 4.79 Å². The lowest BCUT2D eigenvalue weighted by Crippen LogP contribution is -2.46.